The van der Waals surface area contributed by atoms with Gasteiger partial charge in [-0.05, 0) is 30.3 Å². The molecule has 0 bridgehead atoms. The number of halogens is 2. The minimum absolute atomic E-state index is 0.206. The Labute approximate surface area is 181 Å². The van der Waals surface area contributed by atoms with Crippen LogP contribution in [0.25, 0.3) is 33.3 Å². The number of benzene rings is 2. The zero-order chi connectivity index (χ0) is 21.3. The van der Waals surface area contributed by atoms with E-state index in [0.717, 1.165) is 5.56 Å². The Hall–Kier alpha value is -3.22. The Balaban J connectivity index is 1.73. The maximum absolute atomic E-state index is 12.5. The molecule has 0 aliphatic rings. The van der Waals surface area contributed by atoms with Crippen molar-refractivity contribution in [2.75, 3.05) is 14.2 Å². The average molecular weight is 443 g/mol. The van der Waals surface area contributed by atoms with Crippen molar-refractivity contribution in [2.24, 2.45) is 0 Å². The standard InChI is InChI=1S/C22H16Cl2N2O4/c1-28-19-10-14-17(11-20(19)29-2)25-21(26-22(14)27)16(24)9-12-7-8-18(30-12)13-5-3-4-6-15(13)23/h3-11H,1-2H3,(H,25,26,27)/b16-9-. The summed E-state index contributed by atoms with van der Waals surface area (Å²) in [5.74, 6) is 2.20. The lowest BCUT2D eigenvalue weighted by Gasteiger charge is -2.09. The first-order valence-electron chi connectivity index (χ1n) is 8.88. The van der Waals surface area contributed by atoms with Crippen molar-refractivity contribution in [1.82, 2.24) is 9.97 Å². The van der Waals surface area contributed by atoms with Crippen LogP contribution in [0.5, 0.6) is 11.5 Å². The molecule has 2 aromatic heterocycles. The summed E-state index contributed by atoms with van der Waals surface area (Å²) in [6, 6.07) is 14.1. The number of nitrogens with zero attached hydrogens (tertiary/aromatic N) is 1. The number of hydrogen-bond acceptors (Lipinski definition) is 5. The van der Waals surface area contributed by atoms with Crippen LogP contribution in [0.15, 0.2) is 57.7 Å². The van der Waals surface area contributed by atoms with Crippen LogP contribution in [0, 0.1) is 0 Å². The molecule has 30 heavy (non-hydrogen) atoms. The molecule has 152 valence electrons. The Morgan fingerprint density at radius 1 is 1.10 bits per heavy atom. The second-order valence-electron chi connectivity index (χ2n) is 6.31. The van der Waals surface area contributed by atoms with Crippen LogP contribution in [-0.2, 0) is 0 Å². The lowest BCUT2D eigenvalue weighted by atomic mass is 10.2. The summed E-state index contributed by atoms with van der Waals surface area (Å²) in [7, 11) is 3.01. The Bertz CT molecular complexity index is 1320. The zero-order valence-electron chi connectivity index (χ0n) is 16.0. The largest absolute Gasteiger partial charge is 0.493 e. The van der Waals surface area contributed by atoms with E-state index in [2.05, 4.69) is 9.97 Å². The van der Waals surface area contributed by atoms with Crippen molar-refractivity contribution in [1.29, 1.82) is 0 Å². The minimum atomic E-state index is -0.348. The van der Waals surface area contributed by atoms with Gasteiger partial charge in [-0.1, -0.05) is 35.3 Å². The van der Waals surface area contributed by atoms with E-state index in [4.69, 9.17) is 37.1 Å². The fourth-order valence-corrected chi connectivity index (χ4v) is 3.43. The predicted octanol–water partition coefficient (Wildman–Crippen LogP) is 5.59. The smallest absolute Gasteiger partial charge is 0.259 e. The van der Waals surface area contributed by atoms with Crippen LogP contribution in [0.3, 0.4) is 0 Å². The van der Waals surface area contributed by atoms with E-state index in [0.29, 0.717) is 38.9 Å². The van der Waals surface area contributed by atoms with Gasteiger partial charge in [0.1, 0.15) is 11.5 Å². The Kier molecular flexibility index (Phi) is 5.53. The highest BCUT2D eigenvalue weighted by Crippen LogP contribution is 2.32. The summed E-state index contributed by atoms with van der Waals surface area (Å²) in [4.78, 5) is 19.7. The van der Waals surface area contributed by atoms with Crippen molar-refractivity contribution in [3.8, 4) is 22.8 Å². The summed E-state index contributed by atoms with van der Waals surface area (Å²) in [5.41, 5.74) is 0.848. The van der Waals surface area contributed by atoms with E-state index in [1.54, 1.807) is 36.4 Å². The molecule has 0 unspecified atom stereocenters. The number of hydrogen-bond donors (Lipinski definition) is 1. The quantitative estimate of drug-likeness (QED) is 0.435. The zero-order valence-corrected chi connectivity index (χ0v) is 17.5. The lowest BCUT2D eigenvalue weighted by Crippen LogP contribution is -2.11. The molecule has 8 heteroatoms. The molecule has 4 rings (SSSR count). The monoisotopic (exact) mass is 442 g/mol. The third kappa shape index (κ3) is 3.79. The fraction of sp³-hybridized carbons (Fsp3) is 0.0909. The Morgan fingerprint density at radius 2 is 1.83 bits per heavy atom. The van der Waals surface area contributed by atoms with Crippen LogP contribution in [0.1, 0.15) is 11.6 Å². The van der Waals surface area contributed by atoms with Gasteiger partial charge in [0.2, 0.25) is 0 Å². The average Bonchev–Trinajstić information content (AvgIpc) is 3.21. The first-order valence-corrected chi connectivity index (χ1v) is 9.64. The van der Waals surface area contributed by atoms with Crippen molar-refractivity contribution < 1.29 is 13.9 Å². The van der Waals surface area contributed by atoms with Gasteiger partial charge in [0, 0.05) is 17.7 Å². The number of rotatable bonds is 5. The number of nitrogens with one attached hydrogen (secondary N) is 1. The number of fused-ring (bicyclic) bond motifs is 1. The van der Waals surface area contributed by atoms with Gasteiger partial charge >= 0.3 is 0 Å². The van der Waals surface area contributed by atoms with Gasteiger partial charge in [0.25, 0.3) is 5.56 Å². The molecule has 0 amide bonds. The Morgan fingerprint density at radius 3 is 2.57 bits per heavy atom. The molecule has 0 aliphatic carbocycles. The molecule has 0 atom stereocenters. The lowest BCUT2D eigenvalue weighted by molar-refractivity contribution is 0.355. The molecule has 0 spiro atoms. The second-order valence-corrected chi connectivity index (χ2v) is 7.13. The molecule has 0 fully saturated rings. The molecular formula is C22H16Cl2N2O4. The number of aromatic amines is 1. The maximum Gasteiger partial charge on any atom is 0.259 e. The summed E-state index contributed by atoms with van der Waals surface area (Å²) < 4.78 is 16.3. The number of ether oxygens (including phenoxy) is 2. The van der Waals surface area contributed by atoms with Gasteiger partial charge < -0.3 is 18.9 Å². The van der Waals surface area contributed by atoms with Gasteiger partial charge in [-0.15, -0.1) is 0 Å². The van der Waals surface area contributed by atoms with E-state index < -0.39 is 0 Å². The van der Waals surface area contributed by atoms with Gasteiger partial charge in [-0.25, -0.2) is 4.98 Å². The SMILES string of the molecule is COc1cc2nc(/C(Cl)=C/c3ccc(-c4ccccc4Cl)o3)[nH]c(=O)c2cc1OC. The third-order valence-electron chi connectivity index (χ3n) is 4.47. The highest BCUT2D eigenvalue weighted by atomic mass is 35.5. The highest BCUT2D eigenvalue weighted by molar-refractivity contribution is 6.50. The second kappa shape index (κ2) is 8.26. The number of furan rings is 1. The van der Waals surface area contributed by atoms with E-state index in [9.17, 15) is 4.79 Å². The molecule has 0 radical (unpaired) electrons. The molecule has 1 N–H and O–H groups in total. The van der Waals surface area contributed by atoms with Crippen LogP contribution in [0.4, 0.5) is 0 Å². The highest BCUT2D eigenvalue weighted by Gasteiger charge is 2.13. The maximum atomic E-state index is 12.5. The van der Waals surface area contributed by atoms with E-state index in [1.165, 1.54) is 14.2 Å². The van der Waals surface area contributed by atoms with Crippen LogP contribution < -0.4 is 15.0 Å². The predicted molar refractivity (Wildman–Crippen MR) is 118 cm³/mol. The van der Waals surface area contributed by atoms with Crippen molar-refractivity contribution in [3.63, 3.8) is 0 Å². The van der Waals surface area contributed by atoms with E-state index >= 15 is 0 Å². The number of methoxy groups -OCH3 is 2. The molecule has 0 aliphatic heterocycles. The molecular weight excluding hydrogens is 427 g/mol. The molecule has 0 saturated carbocycles. The van der Waals surface area contributed by atoms with Crippen molar-refractivity contribution >= 4 is 45.2 Å². The summed E-state index contributed by atoms with van der Waals surface area (Å²) >= 11 is 12.6. The fourth-order valence-electron chi connectivity index (χ4n) is 3.01. The minimum Gasteiger partial charge on any atom is -0.493 e. The van der Waals surface area contributed by atoms with Crippen molar-refractivity contribution in [2.45, 2.75) is 0 Å². The van der Waals surface area contributed by atoms with Crippen LogP contribution in [-0.4, -0.2) is 24.2 Å². The molecule has 0 saturated heterocycles. The summed E-state index contributed by atoms with van der Waals surface area (Å²) in [6.45, 7) is 0. The molecule has 2 aromatic carbocycles. The molecule has 6 nitrogen and oxygen atoms in total. The van der Waals surface area contributed by atoms with E-state index in [1.807, 2.05) is 18.2 Å². The van der Waals surface area contributed by atoms with Crippen LogP contribution in [0.2, 0.25) is 5.02 Å². The van der Waals surface area contributed by atoms with Gasteiger partial charge in [-0.3, -0.25) is 4.79 Å². The van der Waals surface area contributed by atoms with Gasteiger partial charge in [-0.2, -0.15) is 0 Å². The van der Waals surface area contributed by atoms with Gasteiger partial charge in [0.05, 0.1) is 35.2 Å². The van der Waals surface area contributed by atoms with Gasteiger partial charge in [0.15, 0.2) is 17.3 Å². The number of aromatic nitrogens is 2. The molecule has 4 aromatic rings. The summed E-state index contributed by atoms with van der Waals surface area (Å²) in [5, 5.41) is 1.15. The molecule has 2 heterocycles. The van der Waals surface area contributed by atoms with E-state index in [-0.39, 0.29) is 16.4 Å². The third-order valence-corrected chi connectivity index (χ3v) is 5.09. The normalized spacial score (nSPS) is 11.7. The summed E-state index contributed by atoms with van der Waals surface area (Å²) in [6.07, 6.45) is 1.58. The first-order chi connectivity index (χ1) is 14.5. The number of H-pyrrole nitrogens is 1. The van der Waals surface area contributed by atoms with Crippen LogP contribution >= 0.6 is 23.2 Å². The van der Waals surface area contributed by atoms with Crippen molar-refractivity contribution in [3.05, 3.63) is 75.5 Å². The first kappa shape index (κ1) is 20.1. The topological polar surface area (TPSA) is 77.4 Å².